The second-order valence-corrected chi connectivity index (χ2v) is 5.35. The molecule has 2 heterocycles. The highest BCUT2D eigenvalue weighted by atomic mass is 35.5. The van der Waals surface area contributed by atoms with Gasteiger partial charge in [0, 0.05) is 18.1 Å². The van der Waals surface area contributed by atoms with Gasteiger partial charge >= 0.3 is 0 Å². The largest absolute Gasteiger partial charge is 0.481 e. The zero-order valence-electron chi connectivity index (χ0n) is 11.6. The highest BCUT2D eigenvalue weighted by Gasteiger charge is 2.26. The van der Waals surface area contributed by atoms with Gasteiger partial charge in [-0.05, 0) is 31.2 Å². The number of hydrogen-bond donors (Lipinski definition) is 0. The maximum absolute atomic E-state index is 12.4. The summed E-state index contributed by atoms with van der Waals surface area (Å²) in [6.45, 7) is 3.56. The lowest BCUT2D eigenvalue weighted by molar-refractivity contribution is -0.139. The first-order chi connectivity index (χ1) is 10.1. The number of nitrogens with zero attached hydrogens (tertiary/aromatic N) is 4. The Morgan fingerprint density at radius 2 is 2.10 bits per heavy atom. The van der Waals surface area contributed by atoms with Crippen LogP contribution in [0, 0.1) is 0 Å². The number of benzene rings is 1. The smallest absolute Gasteiger partial charge is 0.263 e. The molecule has 1 atom stereocenters. The normalized spacial score (nSPS) is 15.4. The van der Waals surface area contributed by atoms with Crippen LogP contribution in [0.3, 0.4) is 0 Å². The molecule has 0 radical (unpaired) electrons. The summed E-state index contributed by atoms with van der Waals surface area (Å²) in [4.78, 5) is 14.2. The highest BCUT2D eigenvalue weighted by Crippen LogP contribution is 2.18. The van der Waals surface area contributed by atoms with E-state index in [1.165, 1.54) is 0 Å². The van der Waals surface area contributed by atoms with Gasteiger partial charge in [-0.25, -0.2) is 0 Å². The molecule has 0 fully saturated rings. The molecule has 6 nitrogen and oxygen atoms in total. The molecule has 0 bridgehead atoms. The lowest BCUT2D eigenvalue weighted by atomic mass is 10.2. The van der Waals surface area contributed by atoms with Crippen LogP contribution in [0.5, 0.6) is 5.75 Å². The molecule has 0 unspecified atom stereocenters. The van der Waals surface area contributed by atoms with Crippen molar-refractivity contribution < 1.29 is 9.53 Å². The van der Waals surface area contributed by atoms with Gasteiger partial charge in [-0.1, -0.05) is 11.6 Å². The first-order valence-corrected chi connectivity index (χ1v) is 7.09. The third kappa shape index (κ3) is 3.00. The number of amides is 1. The molecule has 21 heavy (non-hydrogen) atoms. The number of carbonyl (C=O) groups excluding carboxylic acids is 1. The van der Waals surface area contributed by atoms with Crippen molar-refractivity contribution in [1.82, 2.24) is 19.7 Å². The van der Waals surface area contributed by atoms with E-state index in [1.54, 1.807) is 42.4 Å². The minimum absolute atomic E-state index is 0.0563. The van der Waals surface area contributed by atoms with Crippen LogP contribution in [0.25, 0.3) is 0 Å². The Bertz CT molecular complexity index is 641. The highest BCUT2D eigenvalue weighted by molar-refractivity contribution is 6.30. The van der Waals surface area contributed by atoms with Crippen LogP contribution in [0.1, 0.15) is 12.7 Å². The van der Waals surface area contributed by atoms with Gasteiger partial charge in [-0.15, -0.1) is 10.2 Å². The van der Waals surface area contributed by atoms with Gasteiger partial charge in [0.1, 0.15) is 12.1 Å². The quantitative estimate of drug-likeness (QED) is 0.866. The molecule has 2 aromatic rings. The van der Waals surface area contributed by atoms with E-state index < -0.39 is 6.10 Å². The fourth-order valence-electron chi connectivity index (χ4n) is 2.28. The minimum atomic E-state index is -0.555. The van der Waals surface area contributed by atoms with Crippen molar-refractivity contribution in [2.75, 3.05) is 6.54 Å². The third-order valence-electron chi connectivity index (χ3n) is 3.42. The molecule has 110 valence electrons. The van der Waals surface area contributed by atoms with Crippen molar-refractivity contribution in [1.29, 1.82) is 0 Å². The Kier molecular flexibility index (Phi) is 3.79. The van der Waals surface area contributed by atoms with Crippen molar-refractivity contribution in [3.05, 3.63) is 41.4 Å². The third-order valence-corrected chi connectivity index (χ3v) is 3.68. The van der Waals surface area contributed by atoms with Crippen molar-refractivity contribution in [3.63, 3.8) is 0 Å². The van der Waals surface area contributed by atoms with E-state index in [2.05, 4.69) is 10.2 Å². The molecular weight excluding hydrogens is 292 g/mol. The summed E-state index contributed by atoms with van der Waals surface area (Å²) in [6, 6.07) is 6.97. The van der Waals surface area contributed by atoms with Crippen molar-refractivity contribution in [3.8, 4) is 5.75 Å². The number of halogens is 1. The predicted molar refractivity (Wildman–Crippen MR) is 77.0 cm³/mol. The number of fused-ring (bicyclic) bond motifs is 1. The molecule has 0 saturated heterocycles. The molecule has 0 spiro atoms. The number of aromatic nitrogens is 3. The van der Waals surface area contributed by atoms with Gasteiger partial charge in [0.15, 0.2) is 11.9 Å². The van der Waals surface area contributed by atoms with Crippen LogP contribution in [0.4, 0.5) is 0 Å². The van der Waals surface area contributed by atoms with Gasteiger partial charge < -0.3 is 14.2 Å². The van der Waals surface area contributed by atoms with Crippen LogP contribution in [0.15, 0.2) is 30.6 Å². The lowest BCUT2D eigenvalue weighted by Crippen LogP contribution is -2.44. The van der Waals surface area contributed by atoms with E-state index in [0.717, 1.165) is 5.82 Å². The van der Waals surface area contributed by atoms with Crippen LogP contribution >= 0.6 is 11.6 Å². The molecule has 0 saturated carbocycles. The average molecular weight is 307 g/mol. The van der Waals surface area contributed by atoms with Gasteiger partial charge in [0.25, 0.3) is 5.91 Å². The zero-order valence-corrected chi connectivity index (χ0v) is 12.3. The average Bonchev–Trinajstić information content (AvgIpc) is 2.96. The SMILES string of the molecule is C[C@@H](Oc1ccc(Cl)cc1)C(=O)N1CCn2cnnc2C1. The summed E-state index contributed by atoms with van der Waals surface area (Å²) >= 11 is 5.82. The van der Waals surface area contributed by atoms with Crippen molar-refractivity contribution in [2.24, 2.45) is 0 Å². The van der Waals surface area contributed by atoms with Gasteiger partial charge in [-0.2, -0.15) is 0 Å². The Labute approximate surface area is 127 Å². The molecule has 1 aromatic heterocycles. The standard InChI is InChI=1S/C14H15ClN4O2/c1-10(21-12-4-2-11(15)3-5-12)14(20)18-6-7-19-9-16-17-13(19)8-18/h2-5,9-10H,6-8H2,1H3/t10-/m1/s1. The summed E-state index contributed by atoms with van der Waals surface area (Å²) < 4.78 is 7.61. The summed E-state index contributed by atoms with van der Waals surface area (Å²) in [7, 11) is 0. The van der Waals surface area contributed by atoms with Gasteiger partial charge in [-0.3, -0.25) is 4.79 Å². The predicted octanol–water partition coefficient (Wildman–Crippen LogP) is 1.74. The zero-order chi connectivity index (χ0) is 14.8. The van der Waals surface area contributed by atoms with Crippen molar-refractivity contribution in [2.45, 2.75) is 26.1 Å². The maximum atomic E-state index is 12.4. The molecule has 0 aliphatic carbocycles. The van der Waals surface area contributed by atoms with E-state index in [0.29, 0.717) is 30.4 Å². The molecule has 1 aliphatic rings. The molecule has 7 heteroatoms. The van der Waals surface area contributed by atoms with E-state index in [1.807, 2.05) is 4.57 Å². The summed E-state index contributed by atoms with van der Waals surface area (Å²) in [6.07, 6.45) is 1.13. The maximum Gasteiger partial charge on any atom is 0.263 e. The monoisotopic (exact) mass is 306 g/mol. The van der Waals surface area contributed by atoms with E-state index in [9.17, 15) is 4.79 Å². The Morgan fingerprint density at radius 1 is 1.33 bits per heavy atom. The van der Waals surface area contributed by atoms with Crippen LogP contribution in [-0.2, 0) is 17.9 Å². The van der Waals surface area contributed by atoms with Crippen LogP contribution in [-0.4, -0.2) is 38.2 Å². The summed E-state index contributed by atoms with van der Waals surface area (Å²) in [5.41, 5.74) is 0. The first-order valence-electron chi connectivity index (χ1n) is 6.71. The molecule has 3 rings (SSSR count). The topological polar surface area (TPSA) is 60.2 Å². The number of ether oxygens (including phenoxy) is 1. The van der Waals surface area contributed by atoms with Crippen LogP contribution in [0.2, 0.25) is 5.02 Å². The van der Waals surface area contributed by atoms with E-state index in [4.69, 9.17) is 16.3 Å². The fraction of sp³-hybridized carbons (Fsp3) is 0.357. The minimum Gasteiger partial charge on any atom is -0.481 e. The lowest BCUT2D eigenvalue weighted by Gasteiger charge is -2.29. The summed E-state index contributed by atoms with van der Waals surface area (Å²) in [5.74, 6) is 1.37. The van der Waals surface area contributed by atoms with Crippen LogP contribution < -0.4 is 4.74 Å². The molecule has 1 aliphatic heterocycles. The molecular formula is C14H15ClN4O2. The molecule has 1 amide bonds. The van der Waals surface area contributed by atoms with Gasteiger partial charge in [0.05, 0.1) is 6.54 Å². The summed E-state index contributed by atoms with van der Waals surface area (Å²) in [5, 5.41) is 8.49. The number of carbonyl (C=O) groups is 1. The molecule has 1 aromatic carbocycles. The fourth-order valence-corrected chi connectivity index (χ4v) is 2.41. The second kappa shape index (κ2) is 5.73. The molecule has 0 N–H and O–H groups in total. The van der Waals surface area contributed by atoms with Gasteiger partial charge in [0.2, 0.25) is 0 Å². The van der Waals surface area contributed by atoms with E-state index >= 15 is 0 Å². The van der Waals surface area contributed by atoms with Crippen molar-refractivity contribution >= 4 is 17.5 Å². The number of rotatable bonds is 3. The Balaban J connectivity index is 1.64. The van der Waals surface area contributed by atoms with E-state index in [-0.39, 0.29) is 5.91 Å². The Morgan fingerprint density at radius 3 is 2.86 bits per heavy atom. The second-order valence-electron chi connectivity index (χ2n) is 4.91. The first kappa shape index (κ1) is 13.9. The Hall–Kier alpha value is -2.08. The number of hydrogen-bond acceptors (Lipinski definition) is 4.